The number of anilines is 2. The molecule has 9 atom stereocenters. The zero-order chi connectivity index (χ0) is 68.7. The van der Waals surface area contributed by atoms with Crippen LogP contribution in [0.5, 0.6) is 0 Å². The van der Waals surface area contributed by atoms with Gasteiger partial charge in [-0.15, -0.1) is 0 Å². The number of carbonyl (C=O) groups is 4. The molecule has 6 aliphatic carbocycles. The Bertz CT molecular complexity index is 4250. The average molecular weight is 1360 g/mol. The first-order chi connectivity index (χ1) is 45.8. The summed E-state index contributed by atoms with van der Waals surface area (Å²) < 4.78 is 78.1. The van der Waals surface area contributed by atoms with Gasteiger partial charge >= 0.3 is 24.1 Å². The van der Waals surface area contributed by atoms with Crippen LogP contribution in [0, 0.1) is 53.0 Å². The van der Waals surface area contributed by atoms with Crippen LogP contribution in [-0.4, -0.2) is 61.8 Å². The molecule has 6 aliphatic rings. The molecule has 6 saturated carbocycles. The molecule has 5 aromatic carbocycles. The number of hydrogen-bond acceptors (Lipinski definition) is 9. The maximum absolute atomic E-state index is 13.8. The maximum atomic E-state index is 13.8. The number of carbonyl (C=O) groups excluding carboxylic acids is 2. The van der Waals surface area contributed by atoms with E-state index >= 15 is 0 Å². The quantitative estimate of drug-likeness (QED) is 0.0489. The number of nitrogens with zero attached hydrogens (tertiary/aromatic N) is 3. The molecule has 8 aromatic rings. The lowest BCUT2D eigenvalue weighted by molar-refractivity contribution is -0.192. The number of nitrogens with one attached hydrogen (secondary N) is 1. The molecule has 12 nitrogen and oxygen atoms in total. The molecule has 3 aromatic heterocycles. The highest BCUT2D eigenvalue weighted by Gasteiger charge is 2.44. The minimum atomic E-state index is -5.08. The van der Waals surface area contributed by atoms with E-state index in [1.807, 2.05) is 63.6 Å². The number of halogens is 8. The van der Waals surface area contributed by atoms with Gasteiger partial charge in [0.25, 0.3) is 5.91 Å². The predicted molar refractivity (Wildman–Crippen MR) is 362 cm³/mol. The fraction of sp³-hybridized carbons (Fsp3) is 0.355. The third kappa shape index (κ3) is 17.0. The number of esters is 1. The van der Waals surface area contributed by atoms with E-state index in [0.717, 1.165) is 143 Å². The fourth-order valence-electron chi connectivity index (χ4n) is 15.4. The Morgan fingerprint density at radius 3 is 1.15 bits per heavy atom. The van der Waals surface area contributed by atoms with Gasteiger partial charge in [0.1, 0.15) is 17.5 Å². The first-order valence-corrected chi connectivity index (χ1v) is 33.0. The molecule has 5 N–H and O–H groups in total. The molecule has 20 heteroatoms. The Morgan fingerprint density at radius 1 is 0.510 bits per heavy atom. The van der Waals surface area contributed by atoms with Gasteiger partial charge in [0, 0.05) is 72.9 Å². The Kier molecular flexibility index (Phi) is 22.4. The van der Waals surface area contributed by atoms with Crippen LogP contribution in [0.1, 0.15) is 139 Å². The number of nitrogens with two attached hydrogens (primary N) is 1. The Balaban J connectivity index is 0.000000142. The molecular weight excluding hydrogens is 1280 g/mol. The SMILES string of the molecule is CC(C(=O)Nc1ccc(Cl)cc1)=C1C[C@@H]2CC(c3ccnc4ccc(F)cc34)C[C@@H]2C1.CC(C(=O)O)=C1C[C@@H]2CC(c3ccnc4ccc(F)cc34)C[C@@H]2C1.CCOC(=O)C(C)=C1C[C@@H]2CC(c3ccnc4ccc(F)cc34)C[C@@H]2C1.Nc1ccc(Cl)cc1.O=C(O)C(F)(F)F. The molecular formula is C76H75Cl2F6N5O7. The molecule has 96 heavy (non-hydrogen) atoms. The predicted octanol–water partition coefficient (Wildman–Crippen LogP) is 19.3. The third-order valence-corrected chi connectivity index (χ3v) is 20.7. The number of carboxylic acids is 2. The van der Waals surface area contributed by atoms with Crippen molar-refractivity contribution in [1.82, 2.24) is 15.0 Å². The highest BCUT2D eigenvalue weighted by atomic mass is 35.5. The van der Waals surface area contributed by atoms with Gasteiger partial charge in [0.05, 0.1) is 23.2 Å². The zero-order valence-electron chi connectivity index (χ0n) is 53.5. The van der Waals surface area contributed by atoms with Crippen LogP contribution in [0.3, 0.4) is 0 Å². The van der Waals surface area contributed by atoms with Gasteiger partial charge < -0.3 is 26.0 Å². The largest absolute Gasteiger partial charge is 0.490 e. The number of aromatic nitrogens is 3. The van der Waals surface area contributed by atoms with Crippen molar-refractivity contribution < 1.29 is 60.5 Å². The minimum absolute atomic E-state index is 0.0375. The van der Waals surface area contributed by atoms with Gasteiger partial charge in [0.2, 0.25) is 0 Å². The van der Waals surface area contributed by atoms with E-state index in [1.165, 1.54) is 46.0 Å². The van der Waals surface area contributed by atoms with E-state index in [2.05, 4.69) is 26.3 Å². The van der Waals surface area contributed by atoms with E-state index < -0.39 is 18.1 Å². The van der Waals surface area contributed by atoms with Gasteiger partial charge in [0.15, 0.2) is 0 Å². The van der Waals surface area contributed by atoms with Crippen LogP contribution in [0.25, 0.3) is 32.7 Å². The first-order valence-electron chi connectivity index (χ1n) is 32.3. The number of nitrogen functional groups attached to an aromatic ring is 1. The van der Waals surface area contributed by atoms with Crippen molar-refractivity contribution in [3.8, 4) is 0 Å². The van der Waals surface area contributed by atoms with Gasteiger partial charge in [-0.1, -0.05) is 39.9 Å². The van der Waals surface area contributed by atoms with Crippen molar-refractivity contribution in [2.45, 2.75) is 129 Å². The van der Waals surface area contributed by atoms with Crippen LogP contribution >= 0.6 is 23.2 Å². The minimum Gasteiger partial charge on any atom is -0.478 e. The summed E-state index contributed by atoms with van der Waals surface area (Å²) in [7, 11) is 0. The molecule has 0 spiro atoms. The zero-order valence-corrected chi connectivity index (χ0v) is 55.1. The van der Waals surface area contributed by atoms with Crippen LogP contribution in [0.4, 0.5) is 37.7 Å². The third-order valence-electron chi connectivity index (χ3n) is 20.2. The standard InChI is InChI=1S/C26H24ClFN2O.C22H24FNO2.C20H20FNO2.C6H6ClN.C2HF3O2/c1-15(26(31)30-22-5-2-20(27)3-6-22)16-10-17-12-19(13-18(17)11-16)23-8-9-29-25-7-4-21(28)14-24(23)25;1-3-26-22(25)13(2)14-8-15-10-17(11-16(15)9-14)19-6-7-24-21-5-4-18(23)12-20(19)21;1-11(20(23)24)12-6-13-8-15(9-14(13)7-12)17-4-5-22-19-3-2-16(21)10-18(17)19;7-5-1-3-6(8)4-2-5;3-2(4,5)1(6)7/h2-9,14,17-19H,10-13H2,1H3,(H,30,31);4-7,12,15-17H,3,8-11H2,1-2H3;2-5,10,13-15H,6-9H2,1H3,(H,23,24);1-4H,8H2;(H,6,7)/t17-,18+,19?;15-,16+,17?;13-,14+,15?;;. The summed E-state index contributed by atoms with van der Waals surface area (Å²) in [5, 5.41) is 23.4. The lowest BCUT2D eigenvalue weighted by Gasteiger charge is -2.15. The van der Waals surface area contributed by atoms with E-state index in [-0.39, 0.29) is 29.3 Å². The number of alkyl halides is 3. The number of carboxylic acid groups (broad SMARTS) is 2. The summed E-state index contributed by atoms with van der Waals surface area (Å²) >= 11 is 11.5. The summed E-state index contributed by atoms with van der Waals surface area (Å²) in [6.07, 6.45) is 12.6. The maximum Gasteiger partial charge on any atom is 0.490 e. The second-order valence-corrected chi connectivity index (χ2v) is 26.9. The molecule has 6 fully saturated rings. The van der Waals surface area contributed by atoms with Gasteiger partial charge in [-0.05, 0) is 296 Å². The summed E-state index contributed by atoms with van der Waals surface area (Å²) in [5.41, 5.74) is 18.8. The number of ether oxygens (including phenoxy) is 1. The number of fused-ring (bicyclic) bond motifs is 6. The normalized spacial score (nSPS) is 23.7. The summed E-state index contributed by atoms with van der Waals surface area (Å²) in [4.78, 5) is 57.9. The van der Waals surface area contributed by atoms with Crippen LogP contribution in [0.2, 0.25) is 10.0 Å². The lowest BCUT2D eigenvalue weighted by atomic mass is 9.91. The van der Waals surface area contributed by atoms with E-state index in [4.69, 9.17) is 43.6 Å². The summed E-state index contributed by atoms with van der Waals surface area (Å²) in [5.74, 6) is 0.353. The molecule has 14 rings (SSSR count). The molecule has 502 valence electrons. The lowest BCUT2D eigenvalue weighted by Crippen LogP contribution is -2.21. The van der Waals surface area contributed by atoms with Gasteiger partial charge in [-0.2, -0.15) is 13.2 Å². The second kappa shape index (κ2) is 30.6. The Morgan fingerprint density at radius 2 is 0.833 bits per heavy atom. The molecule has 0 radical (unpaired) electrons. The monoisotopic (exact) mass is 1350 g/mol. The summed E-state index contributed by atoms with van der Waals surface area (Å²) in [6, 6.07) is 34.8. The van der Waals surface area contributed by atoms with E-state index in [1.54, 1.807) is 79.7 Å². The second-order valence-electron chi connectivity index (χ2n) is 26.0. The molecule has 0 aliphatic heterocycles. The highest BCUT2D eigenvalue weighted by Crippen LogP contribution is 2.56. The smallest absolute Gasteiger partial charge is 0.478 e. The Labute approximate surface area is 563 Å². The van der Waals surface area contributed by atoms with Crippen LogP contribution in [-0.2, 0) is 23.9 Å². The van der Waals surface area contributed by atoms with E-state index in [0.29, 0.717) is 70.5 Å². The molecule has 3 unspecified atom stereocenters. The van der Waals surface area contributed by atoms with Crippen molar-refractivity contribution >= 4 is 91.1 Å². The van der Waals surface area contributed by atoms with Crippen molar-refractivity contribution in [2.24, 2.45) is 35.5 Å². The number of pyridine rings is 3. The van der Waals surface area contributed by atoms with E-state index in [9.17, 15) is 45.8 Å². The van der Waals surface area contributed by atoms with Crippen LogP contribution in [0.15, 0.2) is 173 Å². The topological polar surface area (TPSA) is 195 Å². The highest BCUT2D eigenvalue weighted by molar-refractivity contribution is 6.31. The number of hydrogen-bond donors (Lipinski definition) is 4. The summed E-state index contributed by atoms with van der Waals surface area (Å²) in [6.45, 7) is 7.80. The molecule has 0 bridgehead atoms. The number of allylic oxidation sites excluding steroid dienone is 3. The van der Waals surface area contributed by atoms with Crippen molar-refractivity contribution in [3.63, 3.8) is 0 Å². The number of aliphatic carboxylic acids is 2. The van der Waals surface area contributed by atoms with Gasteiger partial charge in [-0.3, -0.25) is 19.7 Å². The molecule has 1 amide bonds. The average Bonchev–Trinajstić information content (AvgIpc) is 1.59. The number of rotatable bonds is 8. The van der Waals surface area contributed by atoms with Crippen LogP contribution < -0.4 is 11.1 Å². The Hall–Kier alpha value is -8.61. The van der Waals surface area contributed by atoms with Crippen molar-refractivity contribution in [3.05, 3.63) is 218 Å². The number of benzene rings is 5. The van der Waals surface area contributed by atoms with Crippen molar-refractivity contribution in [2.75, 3.05) is 17.7 Å². The number of amides is 1. The van der Waals surface area contributed by atoms with Gasteiger partial charge in [-0.25, -0.2) is 27.6 Å². The van der Waals surface area contributed by atoms with Crippen molar-refractivity contribution in [1.29, 1.82) is 0 Å². The molecule has 3 heterocycles. The molecule has 0 saturated heterocycles. The first kappa shape index (κ1) is 70.2. The fourth-order valence-corrected chi connectivity index (χ4v) is 15.6.